The van der Waals surface area contributed by atoms with Crippen LogP contribution in [0.1, 0.15) is 10.4 Å². The van der Waals surface area contributed by atoms with Crippen LogP contribution in [-0.2, 0) is 4.74 Å². The third kappa shape index (κ3) is 1.91. The van der Waals surface area contributed by atoms with E-state index in [-0.39, 0.29) is 0 Å². The lowest BCUT2D eigenvalue weighted by molar-refractivity contribution is 0.0603. The van der Waals surface area contributed by atoms with E-state index in [9.17, 15) is 9.18 Å². The molecule has 1 N–H and O–H groups in total. The number of fused-ring (bicyclic) bond motifs is 1. The lowest BCUT2D eigenvalue weighted by atomic mass is 10.2. The van der Waals surface area contributed by atoms with Gasteiger partial charge in [0.15, 0.2) is 5.82 Å². The number of nitrogens with one attached hydrogen (secondary N) is 1. The van der Waals surface area contributed by atoms with Gasteiger partial charge < -0.3 is 9.72 Å². The van der Waals surface area contributed by atoms with Gasteiger partial charge in [-0.3, -0.25) is 4.98 Å². The van der Waals surface area contributed by atoms with Crippen LogP contribution in [0.4, 0.5) is 4.39 Å². The van der Waals surface area contributed by atoms with Crippen molar-refractivity contribution in [1.82, 2.24) is 15.0 Å². The third-order valence-corrected chi connectivity index (χ3v) is 2.95. The number of pyridine rings is 1. The number of para-hydroxylation sites is 1. The minimum atomic E-state index is -0.483. The van der Waals surface area contributed by atoms with Crippen LogP contribution in [0.3, 0.4) is 0 Å². The number of nitrogens with zero attached hydrogens (tertiary/aromatic N) is 2. The molecule has 0 fully saturated rings. The average Bonchev–Trinajstić information content (AvgIpc) is 2.90. The first-order valence-electron chi connectivity index (χ1n) is 5.87. The summed E-state index contributed by atoms with van der Waals surface area (Å²) in [7, 11) is 1.30. The van der Waals surface area contributed by atoms with Gasteiger partial charge in [0.1, 0.15) is 11.3 Å². The molecule has 0 saturated heterocycles. The zero-order valence-electron chi connectivity index (χ0n) is 10.6. The van der Waals surface area contributed by atoms with Gasteiger partial charge >= 0.3 is 5.97 Å². The van der Waals surface area contributed by atoms with Crippen LogP contribution in [-0.4, -0.2) is 28.0 Å². The Balaban J connectivity index is 2.21. The molecule has 0 aliphatic rings. The van der Waals surface area contributed by atoms with Gasteiger partial charge in [-0.1, -0.05) is 6.07 Å². The second-order valence-corrected chi connectivity index (χ2v) is 4.13. The number of ether oxygens (including phenoxy) is 1. The molecule has 0 spiro atoms. The molecule has 5 nitrogen and oxygen atoms in total. The molecular formula is C14H10FN3O2. The molecule has 2 aromatic heterocycles. The SMILES string of the molecule is COC(=O)c1cccc2[nH]c(-c3ccncc3F)nc12. The number of halogens is 1. The van der Waals surface area contributed by atoms with Crippen molar-refractivity contribution in [3.05, 3.63) is 48.0 Å². The van der Waals surface area contributed by atoms with Crippen LogP contribution in [0.15, 0.2) is 36.7 Å². The van der Waals surface area contributed by atoms with Crippen molar-refractivity contribution in [2.75, 3.05) is 7.11 Å². The number of imidazole rings is 1. The van der Waals surface area contributed by atoms with Crippen molar-refractivity contribution in [1.29, 1.82) is 0 Å². The second kappa shape index (κ2) is 4.73. The van der Waals surface area contributed by atoms with Crippen molar-refractivity contribution >= 4 is 17.0 Å². The number of methoxy groups -OCH3 is 1. The molecule has 2 heterocycles. The Morgan fingerprint density at radius 1 is 1.35 bits per heavy atom. The number of aromatic amines is 1. The fourth-order valence-corrected chi connectivity index (χ4v) is 2.00. The largest absolute Gasteiger partial charge is 0.465 e. The zero-order valence-corrected chi connectivity index (χ0v) is 10.6. The topological polar surface area (TPSA) is 67.9 Å². The molecular weight excluding hydrogens is 261 g/mol. The summed E-state index contributed by atoms with van der Waals surface area (Å²) in [6.07, 6.45) is 2.59. The van der Waals surface area contributed by atoms with Gasteiger partial charge in [-0.25, -0.2) is 14.2 Å². The van der Waals surface area contributed by atoms with Gasteiger partial charge in [0, 0.05) is 6.20 Å². The Kier molecular flexibility index (Phi) is 2.90. The van der Waals surface area contributed by atoms with Crippen LogP contribution in [0.25, 0.3) is 22.4 Å². The Morgan fingerprint density at radius 3 is 2.95 bits per heavy atom. The molecule has 3 rings (SSSR count). The first-order chi connectivity index (χ1) is 9.70. The average molecular weight is 271 g/mol. The number of benzene rings is 1. The standard InChI is InChI=1S/C14H10FN3O2/c1-20-14(19)9-3-2-4-11-12(9)18-13(17-11)8-5-6-16-7-10(8)15/h2-7H,1H3,(H,17,18). The molecule has 1 aromatic carbocycles. The first kappa shape index (κ1) is 12.3. The smallest absolute Gasteiger partial charge is 0.340 e. The molecule has 20 heavy (non-hydrogen) atoms. The fraction of sp³-hybridized carbons (Fsp3) is 0.0714. The van der Waals surface area contributed by atoms with Crippen LogP contribution in [0, 0.1) is 5.82 Å². The van der Waals surface area contributed by atoms with E-state index in [4.69, 9.17) is 4.74 Å². The summed E-state index contributed by atoms with van der Waals surface area (Å²) in [6, 6.07) is 6.60. The molecule has 0 aliphatic heterocycles. The van der Waals surface area contributed by atoms with E-state index < -0.39 is 11.8 Å². The second-order valence-electron chi connectivity index (χ2n) is 4.13. The predicted molar refractivity (Wildman–Crippen MR) is 70.6 cm³/mol. The minimum absolute atomic E-state index is 0.298. The van der Waals surface area contributed by atoms with E-state index in [1.807, 2.05) is 0 Å². The van der Waals surface area contributed by atoms with Crippen molar-refractivity contribution in [2.24, 2.45) is 0 Å². The van der Waals surface area contributed by atoms with Gasteiger partial charge in [-0.05, 0) is 18.2 Å². The van der Waals surface area contributed by atoms with E-state index >= 15 is 0 Å². The van der Waals surface area contributed by atoms with Crippen molar-refractivity contribution in [3.63, 3.8) is 0 Å². The highest BCUT2D eigenvalue weighted by molar-refractivity contribution is 6.02. The first-order valence-corrected chi connectivity index (χ1v) is 5.87. The summed E-state index contributed by atoms with van der Waals surface area (Å²) < 4.78 is 18.4. The zero-order chi connectivity index (χ0) is 14.1. The number of aromatic nitrogens is 3. The van der Waals surface area contributed by atoms with Crippen molar-refractivity contribution < 1.29 is 13.9 Å². The van der Waals surface area contributed by atoms with E-state index in [1.54, 1.807) is 18.2 Å². The molecule has 0 atom stereocenters. The molecule has 0 radical (unpaired) electrons. The number of hydrogen-bond donors (Lipinski definition) is 1. The Labute approximate surface area is 113 Å². The number of rotatable bonds is 2. The molecule has 3 aromatic rings. The maximum absolute atomic E-state index is 13.7. The molecule has 6 heteroatoms. The Bertz CT molecular complexity index is 798. The summed E-state index contributed by atoms with van der Waals surface area (Å²) in [5.74, 6) is -0.619. The van der Waals surface area contributed by atoms with Crippen molar-refractivity contribution in [2.45, 2.75) is 0 Å². The van der Waals surface area contributed by atoms with Gasteiger partial charge in [-0.15, -0.1) is 0 Å². The van der Waals surface area contributed by atoms with Gasteiger partial charge in [0.2, 0.25) is 0 Å². The Hall–Kier alpha value is -2.76. The number of esters is 1. The summed E-state index contributed by atoms with van der Waals surface area (Å²) in [4.78, 5) is 22.6. The van der Waals surface area contributed by atoms with Gasteiger partial charge in [-0.2, -0.15) is 0 Å². The number of carbonyl (C=O) groups excluding carboxylic acids is 1. The van der Waals surface area contributed by atoms with Crippen LogP contribution in [0.5, 0.6) is 0 Å². The number of carbonyl (C=O) groups is 1. The normalized spacial score (nSPS) is 10.7. The van der Waals surface area contributed by atoms with E-state index in [0.29, 0.717) is 28.0 Å². The summed E-state index contributed by atoms with van der Waals surface area (Å²) >= 11 is 0. The highest BCUT2D eigenvalue weighted by atomic mass is 19.1. The van der Waals surface area contributed by atoms with E-state index in [1.165, 1.54) is 19.4 Å². The molecule has 0 bridgehead atoms. The third-order valence-electron chi connectivity index (χ3n) is 2.95. The summed E-state index contributed by atoms with van der Waals surface area (Å²) in [5, 5.41) is 0. The number of H-pyrrole nitrogens is 1. The Morgan fingerprint density at radius 2 is 2.20 bits per heavy atom. The fourth-order valence-electron chi connectivity index (χ4n) is 2.00. The maximum atomic E-state index is 13.7. The molecule has 100 valence electrons. The predicted octanol–water partition coefficient (Wildman–Crippen LogP) is 2.55. The highest BCUT2D eigenvalue weighted by Crippen LogP contribution is 2.24. The lowest BCUT2D eigenvalue weighted by Crippen LogP contribution is -2.01. The molecule has 0 saturated carbocycles. The lowest BCUT2D eigenvalue weighted by Gasteiger charge is -1.98. The summed E-state index contributed by atoms with van der Waals surface area (Å²) in [5.41, 5.74) is 1.72. The van der Waals surface area contributed by atoms with Gasteiger partial charge in [0.05, 0.1) is 30.0 Å². The van der Waals surface area contributed by atoms with Gasteiger partial charge in [0.25, 0.3) is 0 Å². The van der Waals surface area contributed by atoms with Crippen LogP contribution in [0.2, 0.25) is 0 Å². The molecule has 0 unspecified atom stereocenters. The van der Waals surface area contributed by atoms with Crippen molar-refractivity contribution in [3.8, 4) is 11.4 Å². The van der Waals surface area contributed by atoms with E-state index in [2.05, 4.69) is 15.0 Å². The minimum Gasteiger partial charge on any atom is -0.465 e. The monoisotopic (exact) mass is 271 g/mol. The van der Waals surface area contributed by atoms with Crippen LogP contribution < -0.4 is 0 Å². The quantitative estimate of drug-likeness (QED) is 0.727. The van der Waals surface area contributed by atoms with E-state index in [0.717, 1.165) is 6.20 Å². The molecule has 0 amide bonds. The number of hydrogen-bond acceptors (Lipinski definition) is 4. The highest BCUT2D eigenvalue weighted by Gasteiger charge is 2.15. The summed E-state index contributed by atoms with van der Waals surface area (Å²) in [6.45, 7) is 0. The van der Waals surface area contributed by atoms with Crippen LogP contribution >= 0.6 is 0 Å². The maximum Gasteiger partial charge on any atom is 0.340 e. The molecule has 0 aliphatic carbocycles.